The Morgan fingerprint density at radius 2 is 2.14 bits per heavy atom. The summed E-state index contributed by atoms with van der Waals surface area (Å²) in [5.41, 5.74) is 0.560. The van der Waals surface area contributed by atoms with Crippen molar-refractivity contribution in [1.29, 1.82) is 0 Å². The van der Waals surface area contributed by atoms with Crippen LogP contribution in [-0.4, -0.2) is 36.2 Å². The molecule has 0 fully saturated rings. The minimum Gasteiger partial charge on any atom is -0.272 e. The maximum absolute atomic E-state index is 13.0. The van der Waals surface area contributed by atoms with Crippen molar-refractivity contribution in [3.63, 3.8) is 0 Å². The first-order valence-corrected chi connectivity index (χ1v) is 11.1. The van der Waals surface area contributed by atoms with Crippen LogP contribution in [0.5, 0.6) is 0 Å². The van der Waals surface area contributed by atoms with Gasteiger partial charge in [0.15, 0.2) is 0 Å². The predicted molar refractivity (Wildman–Crippen MR) is 94.3 cm³/mol. The van der Waals surface area contributed by atoms with Crippen LogP contribution in [0.2, 0.25) is 0 Å². The molecule has 0 saturated heterocycles. The Kier molecular flexibility index (Phi) is 7.34. The quantitative estimate of drug-likeness (QED) is 0.588. The lowest BCUT2D eigenvalue weighted by molar-refractivity contribution is 0.0881. The summed E-state index contributed by atoms with van der Waals surface area (Å²) in [7, 11) is 3.24. The molecule has 0 aromatic heterocycles. The third-order valence-electron chi connectivity index (χ3n) is 3.19. The van der Waals surface area contributed by atoms with Gasteiger partial charge in [-0.3, -0.25) is 14.0 Å². The van der Waals surface area contributed by atoms with Crippen LogP contribution in [0.3, 0.4) is 0 Å². The molecule has 21 heavy (non-hydrogen) atoms. The number of amides is 1. The van der Waals surface area contributed by atoms with E-state index in [-0.39, 0.29) is 11.2 Å². The Bertz CT molecular complexity index is 539. The Balaban J connectivity index is 3.00. The molecule has 0 aliphatic rings. The fourth-order valence-electron chi connectivity index (χ4n) is 1.65. The topological polar surface area (TPSA) is 49.4 Å². The van der Waals surface area contributed by atoms with E-state index >= 15 is 0 Å². The molecule has 0 radical (unpaired) electrons. The van der Waals surface area contributed by atoms with Gasteiger partial charge in [0.1, 0.15) is 0 Å². The Morgan fingerprint density at radius 3 is 2.67 bits per heavy atom. The van der Waals surface area contributed by atoms with Crippen molar-refractivity contribution < 1.29 is 9.36 Å². The van der Waals surface area contributed by atoms with E-state index in [1.165, 1.54) is 16.1 Å². The van der Waals surface area contributed by atoms with E-state index in [2.05, 4.69) is 5.09 Å². The fourth-order valence-corrected chi connectivity index (χ4v) is 6.53. The standard InChI is InChI=1S/C14H23N2O2PS2/c1-6-11(2)21-19(18,15-3)16(4)14(17)12-8-7-9-13(10-12)20-5/h7-11H,6H2,1-5H3,(H,15,18). The maximum atomic E-state index is 13.0. The predicted octanol–water partition coefficient (Wildman–Crippen LogP) is 4.34. The smallest absolute Gasteiger partial charge is 0.272 e. The molecule has 0 spiro atoms. The van der Waals surface area contributed by atoms with E-state index in [0.29, 0.717) is 5.56 Å². The molecular formula is C14H23N2O2PS2. The van der Waals surface area contributed by atoms with E-state index < -0.39 is 6.65 Å². The number of carbonyl (C=O) groups is 1. The lowest BCUT2D eigenvalue weighted by Gasteiger charge is -2.29. The van der Waals surface area contributed by atoms with Crippen molar-refractivity contribution in [1.82, 2.24) is 9.76 Å². The third kappa shape index (κ3) is 4.78. The van der Waals surface area contributed by atoms with Gasteiger partial charge in [-0.15, -0.1) is 11.8 Å². The van der Waals surface area contributed by atoms with Gasteiger partial charge in [-0.1, -0.05) is 31.3 Å². The summed E-state index contributed by atoms with van der Waals surface area (Å²) in [5, 5.41) is 3.06. The molecule has 0 heterocycles. The highest BCUT2D eigenvalue weighted by molar-refractivity contribution is 8.57. The summed E-state index contributed by atoms with van der Waals surface area (Å²) in [6, 6.07) is 7.38. The zero-order valence-corrected chi connectivity index (χ0v) is 15.6. The van der Waals surface area contributed by atoms with Crippen LogP contribution in [-0.2, 0) is 4.57 Å². The van der Waals surface area contributed by atoms with Crippen LogP contribution in [0.1, 0.15) is 30.6 Å². The van der Waals surface area contributed by atoms with Crippen LogP contribution in [0.25, 0.3) is 0 Å². The maximum Gasteiger partial charge on any atom is 0.294 e. The van der Waals surface area contributed by atoms with E-state index in [9.17, 15) is 9.36 Å². The minimum atomic E-state index is -2.97. The van der Waals surface area contributed by atoms with Gasteiger partial charge in [0.25, 0.3) is 12.6 Å². The Morgan fingerprint density at radius 1 is 1.48 bits per heavy atom. The largest absolute Gasteiger partial charge is 0.294 e. The monoisotopic (exact) mass is 346 g/mol. The number of nitrogens with one attached hydrogen (secondary N) is 1. The van der Waals surface area contributed by atoms with Crippen LogP contribution in [0, 0.1) is 0 Å². The molecule has 1 aromatic carbocycles. The Hall–Kier alpha value is -0.420. The van der Waals surface area contributed by atoms with E-state index in [4.69, 9.17) is 0 Å². The van der Waals surface area contributed by atoms with Crippen molar-refractivity contribution >= 4 is 35.7 Å². The summed E-state index contributed by atoms with van der Waals surface area (Å²) < 4.78 is 14.3. The molecule has 2 atom stereocenters. The zero-order chi connectivity index (χ0) is 16.0. The average Bonchev–Trinajstić information content (AvgIpc) is 2.53. The van der Waals surface area contributed by atoms with E-state index in [1.54, 1.807) is 31.9 Å². The number of hydrogen-bond donors (Lipinski definition) is 1. The van der Waals surface area contributed by atoms with E-state index in [1.807, 2.05) is 38.3 Å². The number of rotatable bonds is 7. The lowest BCUT2D eigenvalue weighted by atomic mass is 10.2. The molecule has 1 N–H and O–H groups in total. The fraction of sp³-hybridized carbons (Fsp3) is 0.500. The summed E-state index contributed by atoms with van der Waals surface area (Å²) in [6.45, 7) is 1.09. The molecule has 1 amide bonds. The first kappa shape index (κ1) is 18.6. The molecule has 0 bridgehead atoms. The summed E-state index contributed by atoms with van der Waals surface area (Å²) >= 11 is 2.91. The van der Waals surface area contributed by atoms with Gasteiger partial charge in [0, 0.05) is 22.8 Å². The zero-order valence-electron chi connectivity index (χ0n) is 13.1. The second-order valence-corrected chi connectivity index (χ2v) is 10.7. The van der Waals surface area contributed by atoms with Crippen LogP contribution in [0.15, 0.2) is 29.2 Å². The van der Waals surface area contributed by atoms with Crippen LogP contribution < -0.4 is 5.09 Å². The van der Waals surface area contributed by atoms with Crippen molar-refractivity contribution in [2.75, 3.05) is 20.4 Å². The SMILES string of the molecule is CCC(C)SP(=O)(NC)N(C)C(=O)c1cccc(SC)c1. The van der Waals surface area contributed by atoms with Crippen molar-refractivity contribution in [3.05, 3.63) is 29.8 Å². The first-order chi connectivity index (χ1) is 9.87. The van der Waals surface area contributed by atoms with Crippen molar-refractivity contribution in [3.8, 4) is 0 Å². The molecule has 1 aromatic rings. The van der Waals surface area contributed by atoms with Gasteiger partial charge in [0.05, 0.1) is 0 Å². The van der Waals surface area contributed by atoms with Gasteiger partial charge < -0.3 is 0 Å². The summed E-state index contributed by atoms with van der Waals surface area (Å²) in [5.74, 6) is -0.223. The molecule has 0 saturated carbocycles. The molecular weight excluding hydrogens is 323 g/mol. The number of hydrogen-bond acceptors (Lipinski definition) is 4. The summed E-state index contributed by atoms with van der Waals surface area (Å²) in [4.78, 5) is 13.6. The third-order valence-corrected chi connectivity index (χ3v) is 9.65. The molecule has 2 unspecified atom stereocenters. The summed E-state index contributed by atoms with van der Waals surface area (Å²) in [6.07, 6.45) is 2.87. The van der Waals surface area contributed by atoms with Crippen molar-refractivity contribution in [2.24, 2.45) is 0 Å². The van der Waals surface area contributed by atoms with Crippen LogP contribution in [0.4, 0.5) is 0 Å². The van der Waals surface area contributed by atoms with Crippen LogP contribution >= 0.6 is 29.8 Å². The Labute approximate surface area is 135 Å². The normalized spacial score (nSPS) is 15.3. The number of benzene rings is 1. The number of thioether (sulfide) groups is 1. The molecule has 1 rings (SSSR count). The number of nitrogens with zero attached hydrogens (tertiary/aromatic N) is 1. The van der Waals surface area contributed by atoms with Gasteiger partial charge in [-0.25, -0.2) is 5.09 Å². The molecule has 7 heteroatoms. The lowest BCUT2D eigenvalue weighted by Crippen LogP contribution is -2.28. The molecule has 118 valence electrons. The van der Waals surface area contributed by atoms with Gasteiger partial charge in [0.2, 0.25) is 0 Å². The second kappa shape index (κ2) is 8.28. The highest BCUT2D eigenvalue weighted by Crippen LogP contribution is 2.59. The highest BCUT2D eigenvalue weighted by atomic mass is 32.7. The highest BCUT2D eigenvalue weighted by Gasteiger charge is 2.32. The van der Waals surface area contributed by atoms with E-state index in [0.717, 1.165) is 11.3 Å². The minimum absolute atomic E-state index is 0.219. The van der Waals surface area contributed by atoms with Crippen molar-refractivity contribution in [2.45, 2.75) is 30.4 Å². The van der Waals surface area contributed by atoms with Gasteiger partial charge >= 0.3 is 0 Å². The molecule has 0 aliphatic heterocycles. The number of carbonyl (C=O) groups excluding carboxylic acids is 1. The molecule has 4 nitrogen and oxygen atoms in total. The second-order valence-electron chi connectivity index (χ2n) is 4.63. The average molecular weight is 346 g/mol. The van der Waals surface area contributed by atoms with Gasteiger partial charge in [-0.05, 0) is 37.9 Å². The molecule has 0 aliphatic carbocycles. The first-order valence-electron chi connectivity index (χ1n) is 6.78. The van der Waals surface area contributed by atoms with Gasteiger partial charge in [-0.2, -0.15) is 0 Å².